The van der Waals surface area contributed by atoms with E-state index >= 15 is 0 Å². The van der Waals surface area contributed by atoms with E-state index in [9.17, 15) is 13.2 Å². The van der Waals surface area contributed by atoms with Crippen LogP contribution in [0.15, 0.2) is 27.9 Å². The van der Waals surface area contributed by atoms with E-state index in [0.717, 1.165) is 0 Å². The molecule has 19 heavy (non-hydrogen) atoms. The quantitative estimate of drug-likeness (QED) is 0.797. The third-order valence-corrected chi connectivity index (χ3v) is 4.20. The van der Waals surface area contributed by atoms with Crippen molar-refractivity contribution in [2.24, 2.45) is 0 Å². The normalized spacial score (nSPS) is 12.3. The maximum atomic E-state index is 12.4. The number of halogens is 1. The Morgan fingerprint density at radius 1 is 1.32 bits per heavy atom. The summed E-state index contributed by atoms with van der Waals surface area (Å²) in [4.78, 5) is 16.6. The van der Waals surface area contributed by atoms with Crippen LogP contribution in [0.5, 0.6) is 0 Å². The number of aryl methyl sites for hydroxylation is 1. The first-order chi connectivity index (χ1) is 8.71. The van der Waals surface area contributed by atoms with Crippen molar-refractivity contribution in [3.05, 3.63) is 34.4 Å². The Bertz CT molecular complexity index is 810. The van der Waals surface area contributed by atoms with Gasteiger partial charge in [0.1, 0.15) is 5.82 Å². The van der Waals surface area contributed by atoms with Crippen LogP contribution < -0.4 is 5.56 Å². The minimum Gasteiger partial charge on any atom is -0.294 e. The van der Waals surface area contributed by atoms with Crippen LogP contribution in [-0.4, -0.2) is 18.0 Å². The van der Waals surface area contributed by atoms with Gasteiger partial charge in [-0.25, -0.2) is 13.4 Å². The van der Waals surface area contributed by atoms with Gasteiger partial charge in [0, 0.05) is 16.7 Å². The lowest BCUT2D eigenvalue weighted by molar-refractivity contribution is 0.555. The highest BCUT2D eigenvalue weighted by Crippen LogP contribution is 2.19. The highest BCUT2D eigenvalue weighted by Gasteiger charge is 2.15. The average molecular weight is 301 g/mol. The van der Waals surface area contributed by atoms with Crippen LogP contribution in [0.25, 0.3) is 10.9 Å². The molecular weight excluding hydrogens is 288 g/mol. The second-order valence-corrected chi connectivity index (χ2v) is 7.11. The van der Waals surface area contributed by atoms with Gasteiger partial charge in [-0.05, 0) is 39.0 Å². The van der Waals surface area contributed by atoms with Crippen LogP contribution >= 0.6 is 10.7 Å². The molecule has 5 nitrogen and oxygen atoms in total. The molecule has 0 radical (unpaired) electrons. The number of aromatic nitrogens is 2. The third kappa shape index (κ3) is 2.50. The Hall–Kier alpha value is -1.40. The molecule has 0 amide bonds. The maximum Gasteiger partial charge on any atom is 0.261 e. The number of rotatable bonds is 2. The molecule has 0 aliphatic carbocycles. The molecule has 0 N–H and O–H groups in total. The summed E-state index contributed by atoms with van der Waals surface area (Å²) in [5, 5.41) is 0.251. The fourth-order valence-electron chi connectivity index (χ4n) is 2.05. The van der Waals surface area contributed by atoms with Gasteiger partial charge in [0.05, 0.1) is 15.8 Å². The topological polar surface area (TPSA) is 69.0 Å². The van der Waals surface area contributed by atoms with Crippen molar-refractivity contribution >= 4 is 30.6 Å². The Morgan fingerprint density at radius 2 is 1.95 bits per heavy atom. The highest BCUT2D eigenvalue weighted by molar-refractivity contribution is 8.13. The minimum absolute atomic E-state index is 0.0549. The first-order valence-electron chi connectivity index (χ1n) is 5.69. The van der Waals surface area contributed by atoms with Crippen molar-refractivity contribution < 1.29 is 8.42 Å². The van der Waals surface area contributed by atoms with Crippen LogP contribution in [0.2, 0.25) is 0 Å². The number of fused-ring (bicyclic) bond motifs is 1. The van der Waals surface area contributed by atoms with Crippen molar-refractivity contribution in [3.8, 4) is 0 Å². The second-order valence-electron chi connectivity index (χ2n) is 4.54. The van der Waals surface area contributed by atoms with Crippen molar-refractivity contribution in [2.75, 3.05) is 0 Å². The van der Waals surface area contributed by atoms with Gasteiger partial charge in [0.25, 0.3) is 14.6 Å². The zero-order valence-electron chi connectivity index (χ0n) is 10.7. The van der Waals surface area contributed by atoms with Crippen molar-refractivity contribution in [3.63, 3.8) is 0 Å². The molecule has 0 aliphatic rings. The largest absolute Gasteiger partial charge is 0.294 e. The smallest absolute Gasteiger partial charge is 0.261 e. The van der Waals surface area contributed by atoms with Crippen LogP contribution in [0.3, 0.4) is 0 Å². The SMILES string of the molecule is Cc1nc2ccc(S(=O)(=O)Cl)cc2c(=O)n1C(C)C. The summed E-state index contributed by atoms with van der Waals surface area (Å²) >= 11 is 0. The van der Waals surface area contributed by atoms with Gasteiger partial charge >= 0.3 is 0 Å². The molecule has 0 unspecified atom stereocenters. The summed E-state index contributed by atoms with van der Waals surface area (Å²) in [6.07, 6.45) is 0. The van der Waals surface area contributed by atoms with Gasteiger partial charge in [-0.2, -0.15) is 0 Å². The van der Waals surface area contributed by atoms with Crippen LogP contribution in [0.4, 0.5) is 0 Å². The molecule has 7 heteroatoms. The zero-order valence-corrected chi connectivity index (χ0v) is 12.3. The Balaban J connectivity index is 2.90. The fraction of sp³-hybridized carbons (Fsp3) is 0.333. The molecule has 2 aromatic rings. The summed E-state index contributed by atoms with van der Waals surface area (Å²) in [6.45, 7) is 5.47. The Morgan fingerprint density at radius 3 is 2.47 bits per heavy atom. The van der Waals surface area contributed by atoms with E-state index in [2.05, 4.69) is 4.98 Å². The summed E-state index contributed by atoms with van der Waals surface area (Å²) in [5.74, 6) is 0.592. The summed E-state index contributed by atoms with van der Waals surface area (Å²) in [6, 6.07) is 4.05. The molecule has 2 rings (SSSR count). The van der Waals surface area contributed by atoms with E-state index in [1.807, 2.05) is 13.8 Å². The Kier molecular flexibility index (Phi) is 3.40. The van der Waals surface area contributed by atoms with Crippen molar-refractivity contribution in [1.29, 1.82) is 0 Å². The average Bonchev–Trinajstić information content (AvgIpc) is 2.26. The predicted molar refractivity (Wildman–Crippen MR) is 74.2 cm³/mol. The summed E-state index contributed by atoms with van der Waals surface area (Å²) in [7, 11) is 1.43. The lowest BCUT2D eigenvalue weighted by Gasteiger charge is -2.14. The highest BCUT2D eigenvalue weighted by atomic mass is 35.7. The van der Waals surface area contributed by atoms with Crippen LogP contribution in [0, 0.1) is 6.92 Å². The minimum atomic E-state index is -3.86. The number of hydrogen-bond acceptors (Lipinski definition) is 4. The van der Waals surface area contributed by atoms with Gasteiger partial charge in [-0.1, -0.05) is 0 Å². The molecule has 0 saturated carbocycles. The zero-order chi connectivity index (χ0) is 14.4. The van der Waals surface area contributed by atoms with E-state index in [4.69, 9.17) is 10.7 Å². The monoisotopic (exact) mass is 300 g/mol. The fourth-order valence-corrected chi connectivity index (χ4v) is 2.83. The number of benzene rings is 1. The molecule has 1 aromatic heterocycles. The lowest BCUT2D eigenvalue weighted by atomic mass is 10.2. The number of hydrogen-bond donors (Lipinski definition) is 0. The summed E-state index contributed by atoms with van der Waals surface area (Å²) in [5.41, 5.74) is 0.197. The van der Waals surface area contributed by atoms with Gasteiger partial charge in [0.15, 0.2) is 0 Å². The first kappa shape index (κ1) is 14.0. The Labute approximate surface area is 115 Å². The standard InChI is InChI=1S/C12H13ClN2O3S/c1-7(2)15-8(3)14-11-5-4-9(19(13,17)18)6-10(11)12(15)16/h4-7H,1-3H3. The summed E-state index contributed by atoms with van der Waals surface area (Å²) < 4.78 is 24.1. The van der Waals surface area contributed by atoms with E-state index in [-0.39, 0.29) is 21.9 Å². The predicted octanol–water partition coefficient (Wildman–Crippen LogP) is 2.21. The van der Waals surface area contributed by atoms with E-state index in [0.29, 0.717) is 11.3 Å². The molecular formula is C12H13ClN2O3S. The first-order valence-corrected chi connectivity index (χ1v) is 8.00. The van der Waals surface area contributed by atoms with Crippen molar-refractivity contribution in [1.82, 2.24) is 9.55 Å². The molecule has 0 fully saturated rings. The molecule has 102 valence electrons. The van der Waals surface area contributed by atoms with Gasteiger partial charge in [-0.15, -0.1) is 0 Å². The third-order valence-electron chi connectivity index (χ3n) is 2.85. The van der Waals surface area contributed by atoms with Gasteiger partial charge in [-0.3, -0.25) is 9.36 Å². The molecule has 0 aliphatic heterocycles. The van der Waals surface area contributed by atoms with Crippen molar-refractivity contribution in [2.45, 2.75) is 31.7 Å². The number of nitrogens with zero attached hydrogens (tertiary/aromatic N) is 2. The van der Waals surface area contributed by atoms with Gasteiger partial charge in [0.2, 0.25) is 0 Å². The molecule has 0 saturated heterocycles. The van der Waals surface area contributed by atoms with Gasteiger partial charge < -0.3 is 0 Å². The second kappa shape index (κ2) is 4.61. The molecule has 0 spiro atoms. The van der Waals surface area contributed by atoms with E-state index in [1.54, 1.807) is 6.92 Å². The lowest BCUT2D eigenvalue weighted by Crippen LogP contribution is -2.25. The van der Waals surface area contributed by atoms with E-state index < -0.39 is 9.05 Å². The molecule has 0 atom stereocenters. The molecule has 1 heterocycles. The maximum absolute atomic E-state index is 12.4. The van der Waals surface area contributed by atoms with Crippen LogP contribution in [0.1, 0.15) is 25.7 Å². The van der Waals surface area contributed by atoms with E-state index in [1.165, 1.54) is 22.8 Å². The molecule has 0 bridgehead atoms. The van der Waals surface area contributed by atoms with Crippen LogP contribution in [-0.2, 0) is 9.05 Å². The molecule has 1 aromatic carbocycles.